The Bertz CT molecular complexity index is 908. The number of methoxy groups -OCH3 is 1. The van der Waals surface area contributed by atoms with E-state index in [4.69, 9.17) is 9.47 Å². The van der Waals surface area contributed by atoms with E-state index < -0.39 is 16.0 Å². The number of ether oxygens (including phenoxy) is 2. The summed E-state index contributed by atoms with van der Waals surface area (Å²) in [5, 5.41) is 0. The first-order chi connectivity index (χ1) is 12.4. The summed E-state index contributed by atoms with van der Waals surface area (Å²) in [7, 11) is -1.04. The summed E-state index contributed by atoms with van der Waals surface area (Å²) < 4.78 is 49.2. The molecule has 0 radical (unpaired) electrons. The Balaban J connectivity index is 2.08. The van der Waals surface area contributed by atoms with Gasteiger partial charge in [0.05, 0.1) is 7.11 Å². The molecule has 0 saturated carbocycles. The Hall–Kier alpha value is -2.71. The van der Waals surface area contributed by atoms with Crippen molar-refractivity contribution in [3.63, 3.8) is 0 Å². The SMILES string of the molecule is CNS(=O)(=O)c1cc(/C=C/C(=O)OCc2ccc(F)cc2)ccc1OC. The molecule has 6 nitrogen and oxygen atoms in total. The number of nitrogens with one attached hydrogen (secondary N) is 1. The Morgan fingerprint density at radius 1 is 1.19 bits per heavy atom. The number of hydrogen-bond acceptors (Lipinski definition) is 5. The van der Waals surface area contributed by atoms with Crippen LogP contribution in [0.25, 0.3) is 6.08 Å². The van der Waals surface area contributed by atoms with Crippen molar-refractivity contribution in [2.24, 2.45) is 0 Å². The molecule has 0 bridgehead atoms. The van der Waals surface area contributed by atoms with Gasteiger partial charge >= 0.3 is 5.97 Å². The number of esters is 1. The molecule has 0 amide bonds. The van der Waals surface area contributed by atoms with Crippen molar-refractivity contribution in [3.8, 4) is 5.75 Å². The van der Waals surface area contributed by atoms with E-state index in [1.54, 1.807) is 6.07 Å². The van der Waals surface area contributed by atoms with Crippen LogP contribution in [0.5, 0.6) is 5.75 Å². The monoisotopic (exact) mass is 379 g/mol. The molecule has 2 aromatic carbocycles. The number of benzene rings is 2. The highest BCUT2D eigenvalue weighted by Crippen LogP contribution is 2.25. The lowest BCUT2D eigenvalue weighted by Gasteiger charge is -2.09. The molecule has 0 atom stereocenters. The lowest BCUT2D eigenvalue weighted by molar-refractivity contribution is -0.138. The van der Waals surface area contributed by atoms with Gasteiger partial charge in [-0.15, -0.1) is 0 Å². The molecule has 1 N–H and O–H groups in total. The Morgan fingerprint density at radius 2 is 1.88 bits per heavy atom. The Morgan fingerprint density at radius 3 is 2.50 bits per heavy atom. The molecule has 0 aromatic heterocycles. The van der Waals surface area contributed by atoms with E-state index in [0.717, 1.165) is 0 Å². The minimum Gasteiger partial charge on any atom is -0.495 e. The molecule has 0 heterocycles. The average Bonchev–Trinajstić information content (AvgIpc) is 2.65. The van der Waals surface area contributed by atoms with Gasteiger partial charge in [0.1, 0.15) is 23.1 Å². The van der Waals surface area contributed by atoms with Crippen LogP contribution in [0.4, 0.5) is 4.39 Å². The maximum Gasteiger partial charge on any atom is 0.331 e. The first-order valence-corrected chi connectivity index (χ1v) is 9.05. The summed E-state index contributed by atoms with van der Waals surface area (Å²) in [5.41, 5.74) is 1.14. The van der Waals surface area contributed by atoms with Crippen LogP contribution in [0.1, 0.15) is 11.1 Å². The van der Waals surface area contributed by atoms with E-state index in [0.29, 0.717) is 11.1 Å². The third-order valence-corrected chi connectivity index (χ3v) is 4.89. The largest absolute Gasteiger partial charge is 0.495 e. The van der Waals surface area contributed by atoms with Gasteiger partial charge in [-0.05, 0) is 48.5 Å². The molecule has 8 heteroatoms. The molecule has 0 aliphatic rings. The van der Waals surface area contributed by atoms with Crippen LogP contribution in [0.15, 0.2) is 53.4 Å². The molecule has 0 saturated heterocycles. The van der Waals surface area contributed by atoms with E-state index >= 15 is 0 Å². The maximum atomic E-state index is 12.8. The summed E-state index contributed by atoms with van der Waals surface area (Å²) in [6.45, 7) is 0.00541. The fourth-order valence-corrected chi connectivity index (χ4v) is 2.99. The summed E-state index contributed by atoms with van der Waals surface area (Å²) >= 11 is 0. The van der Waals surface area contributed by atoms with Gasteiger partial charge in [-0.1, -0.05) is 18.2 Å². The van der Waals surface area contributed by atoms with E-state index in [1.807, 2.05) is 0 Å². The zero-order valence-corrected chi connectivity index (χ0v) is 15.0. The molecule has 2 rings (SSSR count). The van der Waals surface area contributed by atoms with Crippen molar-refractivity contribution in [3.05, 3.63) is 65.5 Å². The van der Waals surface area contributed by atoms with E-state index in [1.165, 1.54) is 62.7 Å². The topological polar surface area (TPSA) is 81.7 Å². The van der Waals surface area contributed by atoms with Crippen LogP contribution in [-0.2, 0) is 26.2 Å². The lowest BCUT2D eigenvalue weighted by Crippen LogP contribution is -2.19. The van der Waals surface area contributed by atoms with Crippen molar-refractivity contribution in [2.45, 2.75) is 11.5 Å². The van der Waals surface area contributed by atoms with Gasteiger partial charge in [-0.3, -0.25) is 0 Å². The second-order valence-corrected chi connectivity index (χ2v) is 7.04. The van der Waals surface area contributed by atoms with Crippen LogP contribution in [0, 0.1) is 5.82 Å². The zero-order valence-electron chi connectivity index (χ0n) is 14.2. The van der Waals surface area contributed by atoms with Gasteiger partial charge in [0.15, 0.2) is 0 Å². The fraction of sp³-hybridized carbons (Fsp3) is 0.167. The smallest absolute Gasteiger partial charge is 0.331 e. The molecular weight excluding hydrogens is 361 g/mol. The third kappa shape index (κ3) is 5.14. The lowest BCUT2D eigenvalue weighted by atomic mass is 10.2. The third-order valence-electron chi connectivity index (χ3n) is 3.45. The normalized spacial score (nSPS) is 11.5. The van der Waals surface area contributed by atoms with Gasteiger partial charge in [0.25, 0.3) is 0 Å². The van der Waals surface area contributed by atoms with E-state index in [2.05, 4.69) is 4.72 Å². The molecule has 0 aliphatic carbocycles. The molecular formula is C18H18FNO5S. The van der Waals surface area contributed by atoms with Crippen molar-refractivity contribution in [1.29, 1.82) is 0 Å². The molecule has 0 unspecified atom stereocenters. The van der Waals surface area contributed by atoms with Crippen LogP contribution in [0.2, 0.25) is 0 Å². The number of halogens is 1. The minimum atomic E-state index is -3.71. The van der Waals surface area contributed by atoms with Crippen molar-refractivity contribution in [1.82, 2.24) is 4.72 Å². The molecule has 138 valence electrons. The Kier molecular flexibility index (Phi) is 6.48. The van der Waals surface area contributed by atoms with E-state index in [9.17, 15) is 17.6 Å². The predicted octanol–water partition coefficient (Wildman–Crippen LogP) is 2.50. The number of hydrogen-bond donors (Lipinski definition) is 1. The molecule has 0 fully saturated rings. The highest BCUT2D eigenvalue weighted by molar-refractivity contribution is 7.89. The summed E-state index contributed by atoms with van der Waals surface area (Å²) in [6, 6.07) is 10.1. The summed E-state index contributed by atoms with van der Waals surface area (Å²) in [4.78, 5) is 11.7. The average molecular weight is 379 g/mol. The number of sulfonamides is 1. The van der Waals surface area contributed by atoms with Gasteiger partial charge in [-0.2, -0.15) is 0 Å². The summed E-state index contributed by atoms with van der Waals surface area (Å²) in [6.07, 6.45) is 2.61. The standard InChI is InChI=1S/C18H18FNO5S/c1-20-26(22,23)17-11-13(5-9-16(17)24-2)6-10-18(21)25-12-14-3-7-15(19)8-4-14/h3-11,20H,12H2,1-2H3/b10-6+. The second-order valence-electron chi connectivity index (χ2n) is 5.19. The molecule has 0 aliphatic heterocycles. The summed E-state index contributed by atoms with van der Waals surface area (Å²) in [5.74, 6) is -0.787. The quantitative estimate of drug-likeness (QED) is 0.590. The van der Waals surface area contributed by atoms with E-state index in [-0.39, 0.29) is 23.1 Å². The molecule has 0 spiro atoms. The Labute approximate surface area is 151 Å². The van der Waals surface area contributed by atoms with Gasteiger partial charge < -0.3 is 9.47 Å². The molecule has 2 aromatic rings. The number of carbonyl (C=O) groups is 1. The van der Waals surface area contributed by atoms with Crippen molar-refractivity contribution >= 4 is 22.1 Å². The number of carbonyl (C=O) groups excluding carboxylic acids is 1. The van der Waals surface area contributed by atoms with Crippen LogP contribution in [-0.4, -0.2) is 28.5 Å². The number of rotatable bonds is 7. The molecule has 26 heavy (non-hydrogen) atoms. The van der Waals surface area contributed by atoms with Gasteiger partial charge in [-0.25, -0.2) is 22.3 Å². The van der Waals surface area contributed by atoms with Gasteiger partial charge in [0, 0.05) is 6.08 Å². The zero-order chi connectivity index (χ0) is 19.2. The highest BCUT2D eigenvalue weighted by atomic mass is 32.2. The van der Waals surface area contributed by atoms with Gasteiger partial charge in [0.2, 0.25) is 10.0 Å². The van der Waals surface area contributed by atoms with Crippen LogP contribution >= 0.6 is 0 Å². The highest BCUT2D eigenvalue weighted by Gasteiger charge is 2.17. The van der Waals surface area contributed by atoms with Crippen molar-refractivity contribution in [2.75, 3.05) is 14.2 Å². The first kappa shape index (κ1) is 19.6. The fourth-order valence-electron chi connectivity index (χ4n) is 2.06. The second kappa shape index (κ2) is 8.59. The first-order valence-electron chi connectivity index (χ1n) is 7.56. The van der Waals surface area contributed by atoms with Crippen molar-refractivity contribution < 1.29 is 27.1 Å². The maximum absolute atomic E-state index is 12.8. The van der Waals surface area contributed by atoms with Crippen LogP contribution < -0.4 is 9.46 Å². The van der Waals surface area contributed by atoms with Crippen LogP contribution in [0.3, 0.4) is 0 Å². The predicted molar refractivity (Wildman–Crippen MR) is 94.5 cm³/mol. The minimum absolute atomic E-state index is 0.00541.